The van der Waals surface area contributed by atoms with E-state index in [-0.39, 0.29) is 11.9 Å². The van der Waals surface area contributed by atoms with E-state index < -0.39 is 0 Å². The Hall–Kier alpha value is -2.51. The van der Waals surface area contributed by atoms with Crippen LogP contribution in [0.1, 0.15) is 25.6 Å². The van der Waals surface area contributed by atoms with Gasteiger partial charge in [0.1, 0.15) is 17.3 Å². The van der Waals surface area contributed by atoms with Crippen molar-refractivity contribution in [3.8, 4) is 11.1 Å². The maximum Gasteiger partial charge on any atom is 0.219 e. The molecule has 3 heterocycles. The number of carbonyl (C=O) groups is 1. The standard InChI is InChI=1S/C22H26N4O2S/c1-15(27)25(2)17-9-11-26(12-10-17)21-20-18(16-7-5-4-6-8-16)14-29-22(20)24-19(23-21)13-28-3/h4-8,14,17H,9-13H2,1-3H3. The fourth-order valence-electron chi connectivity index (χ4n) is 3.94. The molecule has 0 spiro atoms. The molecule has 6 nitrogen and oxygen atoms in total. The van der Waals surface area contributed by atoms with Crippen LogP contribution in [0.25, 0.3) is 21.3 Å². The van der Waals surface area contributed by atoms with Crippen molar-refractivity contribution in [1.82, 2.24) is 14.9 Å². The van der Waals surface area contributed by atoms with Gasteiger partial charge < -0.3 is 14.5 Å². The topological polar surface area (TPSA) is 58.6 Å². The van der Waals surface area contributed by atoms with Crippen LogP contribution in [0.2, 0.25) is 0 Å². The number of nitrogens with zero attached hydrogens (tertiary/aromatic N) is 4. The van der Waals surface area contributed by atoms with Crippen LogP contribution >= 0.6 is 11.3 Å². The van der Waals surface area contributed by atoms with Crippen LogP contribution in [0.5, 0.6) is 0 Å². The molecule has 7 heteroatoms. The molecule has 4 rings (SSSR count). The normalized spacial score (nSPS) is 15.1. The molecule has 0 unspecified atom stereocenters. The van der Waals surface area contributed by atoms with E-state index in [0.29, 0.717) is 12.4 Å². The highest BCUT2D eigenvalue weighted by molar-refractivity contribution is 7.17. The van der Waals surface area contributed by atoms with Crippen molar-refractivity contribution in [2.75, 3.05) is 32.1 Å². The number of fused-ring (bicyclic) bond motifs is 1. The van der Waals surface area contributed by atoms with E-state index in [2.05, 4.69) is 34.5 Å². The third-order valence-corrected chi connectivity index (χ3v) is 6.50. The summed E-state index contributed by atoms with van der Waals surface area (Å²) >= 11 is 1.65. The molecule has 1 aromatic carbocycles. The molecule has 29 heavy (non-hydrogen) atoms. The van der Waals surface area contributed by atoms with Gasteiger partial charge in [-0.25, -0.2) is 9.97 Å². The number of rotatable bonds is 5. The minimum atomic E-state index is 0.124. The summed E-state index contributed by atoms with van der Waals surface area (Å²) in [6.07, 6.45) is 1.87. The van der Waals surface area contributed by atoms with Crippen molar-refractivity contribution in [3.63, 3.8) is 0 Å². The summed E-state index contributed by atoms with van der Waals surface area (Å²) in [5.74, 6) is 1.81. The van der Waals surface area contributed by atoms with Crippen molar-refractivity contribution in [2.24, 2.45) is 0 Å². The highest BCUT2D eigenvalue weighted by Crippen LogP contribution is 2.39. The molecule has 0 aliphatic carbocycles. The monoisotopic (exact) mass is 410 g/mol. The Morgan fingerprint density at radius 3 is 2.62 bits per heavy atom. The van der Waals surface area contributed by atoms with Gasteiger partial charge >= 0.3 is 0 Å². The predicted octanol–water partition coefficient (Wildman–Crippen LogP) is 3.95. The Balaban J connectivity index is 1.72. The molecule has 0 N–H and O–H groups in total. The van der Waals surface area contributed by atoms with Gasteiger partial charge in [-0.1, -0.05) is 30.3 Å². The lowest BCUT2D eigenvalue weighted by Gasteiger charge is -2.37. The van der Waals surface area contributed by atoms with Crippen molar-refractivity contribution in [3.05, 3.63) is 41.5 Å². The van der Waals surface area contributed by atoms with Gasteiger partial charge in [0.2, 0.25) is 5.91 Å². The molecule has 1 aliphatic rings. The Bertz CT molecular complexity index is 997. The fourth-order valence-corrected chi connectivity index (χ4v) is 4.90. The predicted molar refractivity (Wildman–Crippen MR) is 117 cm³/mol. The summed E-state index contributed by atoms with van der Waals surface area (Å²) in [4.78, 5) is 26.6. The molecule has 0 saturated carbocycles. The first-order valence-electron chi connectivity index (χ1n) is 9.89. The van der Waals surface area contributed by atoms with Gasteiger partial charge in [0.25, 0.3) is 0 Å². The van der Waals surface area contributed by atoms with Crippen molar-refractivity contribution in [1.29, 1.82) is 0 Å². The molecular weight excluding hydrogens is 384 g/mol. The van der Waals surface area contributed by atoms with Crippen molar-refractivity contribution < 1.29 is 9.53 Å². The van der Waals surface area contributed by atoms with Crippen LogP contribution < -0.4 is 4.90 Å². The van der Waals surface area contributed by atoms with Gasteiger partial charge in [-0.2, -0.15) is 0 Å². The third kappa shape index (κ3) is 3.97. The average Bonchev–Trinajstić information content (AvgIpc) is 3.17. The van der Waals surface area contributed by atoms with Crippen LogP contribution in [0, 0.1) is 0 Å². The molecule has 3 aromatic rings. The van der Waals surface area contributed by atoms with Crippen molar-refractivity contribution >= 4 is 33.3 Å². The second kappa shape index (κ2) is 8.47. The van der Waals surface area contributed by atoms with E-state index in [9.17, 15) is 4.79 Å². The van der Waals surface area contributed by atoms with Crippen LogP contribution in [-0.2, 0) is 16.1 Å². The van der Waals surface area contributed by atoms with Crippen LogP contribution in [-0.4, -0.2) is 54.1 Å². The molecule has 0 bridgehead atoms. The summed E-state index contributed by atoms with van der Waals surface area (Å²) in [7, 11) is 3.56. The molecule has 1 fully saturated rings. The number of methoxy groups -OCH3 is 1. The zero-order chi connectivity index (χ0) is 20.4. The van der Waals surface area contributed by atoms with Gasteiger partial charge in [0.05, 0.1) is 5.39 Å². The number of ether oxygens (including phenoxy) is 1. The first-order chi connectivity index (χ1) is 14.1. The van der Waals surface area contributed by atoms with Crippen molar-refractivity contribution in [2.45, 2.75) is 32.4 Å². The maximum atomic E-state index is 11.7. The summed E-state index contributed by atoms with van der Waals surface area (Å²) in [6, 6.07) is 10.7. The Labute approximate surface area is 175 Å². The average molecular weight is 411 g/mol. The van der Waals surface area contributed by atoms with Gasteiger partial charge in [-0.05, 0) is 18.4 Å². The van der Waals surface area contributed by atoms with E-state index in [1.165, 1.54) is 11.1 Å². The second-order valence-electron chi connectivity index (χ2n) is 7.44. The fraction of sp³-hybridized carbons (Fsp3) is 0.409. The highest BCUT2D eigenvalue weighted by atomic mass is 32.1. The van der Waals surface area contributed by atoms with Gasteiger partial charge in [-0.15, -0.1) is 11.3 Å². The summed E-state index contributed by atoms with van der Waals surface area (Å²) in [5.41, 5.74) is 2.35. The minimum Gasteiger partial charge on any atom is -0.377 e. The highest BCUT2D eigenvalue weighted by Gasteiger charge is 2.27. The molecule has 152 valence electrons. The number of hydrogen-bond acceptors (Lipinski definition) is 6. The molecule has 0 atom stereocenters. The zero-order valence-electron chi connectivity index (χ0n) is 17.1. The molecule has 1 amide bonds. The van der Waals surface area contributed by atoms with Gasteiger partial charge in [-0.3, -0.25) is 4.79 Å². The molecular formula is C22H26N4O2S. The van der Waals surface area contributed by atoms with E-state index in [1.807, 2.05) is 18.0 Å². The number of hydrogen-bond donors (Lipinski definition) is 0. The molecule has 2 aromatic heterocycles. The number of carbonyl (C=O) groups excluding carboxylic acids is 1. The smallest absolute Gasteiger partial charge is 0.219 e. The Morgan fingerprint density at radius 1 is 1.24 bits per heavy atom. The lowest BCUT2D eigenvalue weighted by molar-refractivity contribution is -0.129. The van der Waals surface area contributed by atoms with E-state index in [4.69, 9.17) is 14.7 Å². The number of piperidine rings is 1. The summed E-state index contributed by atoms with van der Waals surface area (Å²) < 4.78 is 5.30. The van der Waals surface area contributed by atoms with Crippen LogP contribution in [0.4, 0.5) is 5.82 Å². The van der Waals surface area contributed by atoms with E-state index >= 15 is 0 Å². The number of anilines is 1. The minimum absolute atomic E-state index is 0.124. The first-order valence-corrected chi connectivity index (χ1v) is 10.8. The Morgan fingerprint density at radius 2 is 1.97 bits per heavy atom. The SMILES string of the molecule is COCc1nc(N2CCC(N(C)C(C)=O)CC2)c2c(-c3ccccc3)csc2n1. The maximum absolute atomic E-state index is 11.7. The first kappa shape index (κ1) is 19.8. The van der Waals surface area contributed by atoms with Crippen LogP contribution in [0.15, 0.2) is 35.7 Å². The zero-order valence-corrected chi connectivity index (χ0v) is 17.9. The van der Waals surface area contributed by atoms with E-state index in [0.717, 1.165) is 42.0 Å². The lowest BCUT2D eigenvalue weighted by atomic mass is 10.0. The van der Waals surface area contributed by atoms with E-state index in [1.54, 1.807) is 25.4 Å². The number of thiophene rings is 1. The van der Waals surface area contributed by atoms with Crippen LogP contribution in [0.3, 0.4) is 0 Å². The lowest BCUT2D eigenvalue weighted by Crippen LogP contribution is -2.45. The number of aromatic nitrogens is 2. The van der Waals surface area contributed by atoms with Gasteiger partial charge in [0, 0.05) is 51.2 Å². The molecule has 1 saturated heterocycles. The summed E-state index contributed by atoms with van der Waals surface area (Å²) in [6.45, 7) is 3.76. The van der Waals surface area contributed by atoms with Gasteiger partial charge in [0.15, 0.2) is 5.82 Å². The Kier molecular flexibility index (Phi) is 5.78. The number of amides is 1. The molecule has 0 radical (unpaired) electrons. The second-order valence-corrected chi connectivity index (χ2v) is 8.30. The third-order valence-electron chi connectivity index (χ3n) is 5.63. The summed E-state index contributed by atoms with van der Waals surface area (Å²) in [5, 5.41) is 3.28. The molecule has 1 aliphatic heterocycles. The number of benzene rings is 1. The quantitative estimate of drug-likeness (QED) is 0.637. The largest absolute Gasteiger partial charge is 0.377 e.